The predicted octanol–water partition coefficient (Wildman–Crippen LogP) is 2.05. The van der Waals surface area contributed by atoms with Crippen molar-refractivity contribution in [2.75, 3.05) is 6.01 Å². The molecule has 0 saturated carbocycles. The van der Waals surface area contributed by atoms with Gasteiger partial charge in [-0.3, -0.25) is 0 Å². The Bertz CT molecular complexity index is 843. The summed E-state index contributed by atoms with van der Waals surface area (Å²) in [6.45, 7) is 7.80. The molecule has 1 aromatic heterocycles. The Hall–Kier alpha value is -1.38. The second-order valence-corrected chi connectivity index (χ2v) is 8.48. The molecule has 1 saturated heterocycles. The van der Waals surface area contributed by atoms with Crippen molar-refractivity contribution in [1.29, 1.82) is 0 Å². The third-order valence-corrected chi connectivity index (χ3v) is 5.87. The molecule has 1 fully saturated rings. The van der Waals surface area contributed by atoms with E-state index in [1.165, 1.54) is 6.20 Å². The maximum absolute atomic E-state index is 12.8. The molecular formula is C15H19BFNO4S. The molecule has 0 unspecified atom stereocenters. The summed E-state index contributed by atoms with van der Waals surface area (Å²) in [5.74, 6) is 0. The highest BCUT2D eigenvalue weighted by Gasteiger charge is 2.52. The Morgan fingerprint density at radius 3 is 2.30 bits per heavy atom. The zero-order chi connectivity index (χ0) is 17.0. The van der Waals surface area contributed by atoms with Gasteiger partial charge in [0.25, 0.3) is 10.0 Å². The lowest BCUT2D eigenvalue weighted by atomic mass is 9.77. The number of benzene rings is 1. The molecule has 0 N–H and O–H groups in total. The number of aromatic nitrogens is 1. The maximum Gasteiger partial charge on any atom is 0.495 e. The van der Waals surface area contributed by atoms with Gasteiger partial charge in [-0.15, -0.1) is 0 Å². The predicted molar refractivity (Wildman–Crippen MR) is 87.9 cm³/mol. The lowest BCUT2D eigenvalue weighted by Crippen LogP contribution is -2.41. The molecule has 0 bridgehead atoms. The summed E-state index contributed by atoms with van der Waals surface area (Å²) in [4.78, 5) is 0. The molecule has 0 atom stereocenters. The molecule has 124 valence electrons. The first-order valence-corrected chi connectivity index (χ1v) is 8.95. The lowest BCUT2D eigenvalue weighted by Gasteiger charge is -2.32. The number of hydrogen-bond acceptors (Lipinski definition) is 4. The zero-order valence-electron chi connectivity index (χ0n) is 13.5. The molecule has 2 aromatic rings. The van der Waals surface area contributed by atoms with Gasteiger partial charge in [0.05, 0.1) is 16.7 Å². The maximum atomic E-state index is 12.8. The molecule has 8 heteroatoms. The van der Waals surface area contributed by atoms with Gasteiger partial charge < -0.3 is 9.31 Å². The van der Waals surface area contributed by atoms with Crippen molar-refractivity contribution in [3.8, 4) is 0 Å². The largest absolute Gasteiger partial charge is 0.495 e. The third kappa shape index (κ3) is 2.49. The van der Waals surface area contributed by atoms with Gasteiger partial charge in [0, 0.05) is 11.6 Å². The minimum atomic E-state index is -4.00. The first kappa shape index (κ1) is 16.5. The van der Waals surface area contributed by atoms with E-state index in [9.17, 15) is 12.8 Å². The molecule has 1 aliphatic rings. The van der Waals surface area contributed by atoms with E-state index >= 15 is 0 Å². The highest BCUT2D eigenvalue weighted by atomic mass is 32.2. The van der Waals surface area contributed by atoms with Gasteiger partial charge in [-0.05, 0) is 45.3 Å². The van der Waals surface area contributed by atoms with Crippen LogP contribution in [-0.2, 0) is 19.3 Å². The summed E-state index contributed by atoms with van der Waals surface area (Å²) < 4.78 is 49.5. The van der Waals surface area contributed by atoms with E-state index in [-0.39, 0.29) is 0 Å². The zero-order valence-corrected chi connectivity index (χ0v) is 14.4. The SMILES string of the molecule is CC1(C)OB(c2cccc3c2ccn3S(=O)(=O)CF)OC1(C)C. The van der Waals surface area contributed by atoms with Gasteiger partial charge in [-0.25, -0.2) is 16.8 Å². The number of fused-ring (bicyclic) bond motifs is 1. The Kier molecular flexibility index (Phi) is 3.63. The summed E-state index contributed by atoms with van der Waals surface area (Å²) in [5, 5.41) is 0.669. The standard InChI is InChI=1S/C15H19BFNO4S/c1-14(2)15(3,4)22-16(21-14)12-6-5-7-13-11(12)8-9-18(13)23(19,20)10-17/h5-9H,10H2,1-4H3. The summed E-state index contributed by atoms with van der Waals surface area (Å²) >= 11 is 0. The fraction of sp³-hybridized carbons (Fsp3) is 0.467. The van der Waals surface area contributed by atoms with Crippen LogP contribution in [0.1, 0.15) is 27.7 Å². The van der Waals surface area contributed by atoms with Crippen LogP contribution in [0, 0.1) is 0 Å². The van der Waals surface area contributed by atoms with Gasteiger partial charge in [-0.1, -0.05) is 12.1 Å². The minimum absolute atomic E-state index is 0.412. The average molecular weight is 339 g/mol. The van der Waals surface area contributed by atoms with Crippen LogP contribution >= 0.6 is 0 Å². The first-order chi connectivity index (χ1) is 10.6. The van der Waals surface area contributed by atoms with Gasteiger partial charge >= 0.3 is 7.12 Å². The van der Waals surface area contributed by atoms with Crippen molar-refractivity contribution < 1.29 is 22.1 Å². The van der Waals surface area contributed by atoms with Gasteiger partial charge in [0.2, 0.25) is 6.01 Å². The Labute approximate surface area is 135 Å². The number of halogens is 1. The monoisotopic (exact) mass is 339 g/mol. The molecule has 23 heavy (non-hydrogen) atoms. The summed E-state index contributed by atoms with van der Waals surface area (Å²) in [6, 6.07) is 5.38. The molecular weight excluding hydrogens is 320 g/mol. The van der Waals surface area contributed by atoms with E-state index in [0.29, 0.717) is 10.9 Å². The molecule has 0 radical (unpaired) electrons. The molecule has 3 rings (SSSR count). The number of alkyl halides is 1. The van der Waals surface area contributed by atoms with Crippen LogP contribution in [0.4, 0.5) is 4.39 Å². The number of hydrogen-bond donors (Lipinski definition) is 0. The highest BCUT2D eigenvalue weighted by molar-refractivity contribution is 7.89. The fourth-order valence-electron chi connectivity index (χ4n) is 2.64. The van der Waals surface area contributed by atoms with Crippen LogP contribution in [0.3, 0.4) is 0 Å². The van der Waals surface area contributed by atoms with Crippen LogP contribution in [-0.4, -0.2) is 36.7 Å². The van der Waals surface area contributed by atoms with Crippen molar-refractivity contribution in [1.82, 2.24) is 3.97 Å². The average Bonchev–Trinajstić information content (AvgIpc) is 2.98. The third-order valence-electron chi connectivity index (χ3n) is 4.68. The van der Waals surface area contributed by atoms with Crippen LogP contribution in [0.2, 0.25) is 0 Å². The van der Waals surface area contributed by atoms with E-state index in [2.05, 4.69) is 0 Å². The van der Waals surface area contributed by atoms with Crippen molar-refractivity contribution in [3.63, 3.8) is 0 Å². The topological polar surface area (TPSA) is 57.5 Å². The van der Waals surface area contributed by atoms with Gasteiger partial charge in [-0.2, -0.15) is 0 Å². The van der Waals surface area contributed by atoms with Crippen molar-refractivity contribution in [2.24, 2.45) is 0 Å². The van der Waals surface area contributed by atoms with Crippen LogP contribution in [0.15, 0.2) is 30.5 Å². The second kappa shape index (κ2) is 5.06. The summed E-state index contributed by atoms with van der Waals surface area (Å²) in [5.41, 5.74) is 0.157. The van der Waals surface area contributed by atoms with Crippen molar-refractivity contribution in [3.05, 3.63) is 30.5 Å². The van der Waals surface area contributed by atoms with Crippen LogP contribution in [0.25, 0.3) is 10.9 Å². The summed E-state index contributed by atoms with van der Waals surface area (Å²) in [6.07, 6.45) is 1.36. The second-order valence-electron chi connectivity index (χ2n) is 6.70. The molecule has 0 amide bonds. The molecule has 5 nitrogen and oxygen atoms in total. The van der Waals surface area contributed by atoms with E-state index in [1.807, 2.05) is 33.8 Å². The van der Waals surface area contributed by atoms with E-state index < -0.39 is 34.4 Å². The fourth-order valence-corrected chi connectivity index (χ4v) is 3.45. The van der Waals surface area contributed by atoms with Crippen molar-refractivity contribution >= 4 is 33.5 Å². The summed E-state index contributed by atoms with van der Waals surface area (Å²) in [7, 11) is -4.60. The highest BCUT2D eigenvalue weighted by Crippen LogP contribution is 2.37. The van der Waals surface area contributed by atoms with Gasteiger partial charge in [0.1, 0.15) is 0 Å². The Balaban J connectivity index is 2.12. The molecule has 2 heterocycles. The lowest BCUT2D eigenvalue weighted by molar-refractivity contribution is 0.00578. The van der Waals surface area contributed by atoms with Gasteiger partial charge in [0.15, 0.2) is 0 Å². The minimum Gasteiger partial charge on any atom is -0.399 e. The molecule has 1 aliphatic heterocycles. The molecule has 1 aromatic carbocycles. The van der Waals surface area contributed by atoms with E-state index in [1.54, 1.807) is 18.2 Å². The van der Waals surface area contributed by atoms with Crippen LogP contribution in [0.5, 0.6) is 0 Å². The molecule has 0 aliphatic carbocycles. The van der Waals surface area contributed by atoms with E-state index in [4.69, 9.17) is 9.31 Å². The smallest absolute Gasteiger partial charge is 0.399 e. The van der Waals surface area contributed by atoms with Crippen molar-refractivity contribution in [2.45, 2.75) is 38.9 Å². The normalized spacial score (nSPS) is 20.3. The first-order valence-electron chi connectivity index (χ1n) is 7.34. The van der Waals surface area contributed by atoms with E-state index in [0.717, 1.165) is 9.44 Å². The van der Waals surface area contributed by atoms with Crippen LogP contribution < -0.4 is 5.46 Å². The number of rotatable bonds is 3. The Morgan fingerprint density at radius 1 is 1.13 bits per heavy atom. The quantitative estimate of drug-likeness (QED) is 0.803. The number of nitrogens with zero attached hydrogens (tertiary/aromatic N) is 1. The Morgan fingerprint density at radius 2 is 1.74 bits per heavy atom. The molecule has 0 spiro atoms.